The molecule has 0 aliphatic heterocycles. The molecule has 0 saturated carbocycles. The van der Waals surface area contributed by atoms with Gasteiger partial charge in [-0.15, -0.1) is 0 Å². The molecule has 2 aromatic carbocycles. The lowest BCUT2D eigenvalue weighted by Crippen LogP contribution is -2.23. The molecule has 0 N–H and O–H groups in total. The molecule has 7 aromatic rings. The van der Waals surface area contributed by atoms with E-state index in [9.17, 15) is 9.59 Å². The van der Waals surface area contributed by atoms with Crippen molar-refractivity contribution in [3.05, 3.63) is 154 Å². The number of aromatic nitrogens is 6. The predicted molar refractivity (Wildman–Crippen MR) is 209 cm³/mol. The quantitative estimate of drug-likeness (QED) is 0.0516. The van der Waals surface area contributed by atoms with Gasteiger partial charge in [0.2, 0.25) is 12.3 Å². The molecular weight excluding hydrogens is 755 g/mol. The first kappa shape index (κ1) is 38.9. The van der Waals surface area contributed by atoms with Crippen LogP contribution in [0.25, 0.3) is 33.3 Å². The molecule has 0 bridgehead atoms. The normalized spacial score (nSPS) is 11.3. The van der Waals surface area contributed by atoms with Crippen molar-refractivity contribution in [1.82, 2.24) is 34.4 Å². The summed E-state index contributed by atoms with van der Waals surface area (Å²) in [7, 11) is 3.20. The highest BCUT2D eigenvalue weighted by Crippen LogP contribution is 2.29. The van der Waals surface area contributed by atoms with Crippen molar-refractivity contribution < 1.29 is 27.1 Å². The summed E-state index contributed by atoms with van der Waals surface area (Å²) in [5.41, 5.74) is 2.40. The smallest absolute Gasteiger partial charge is 0.280 e. The van der Waals surface area contributed by atoms with Crippen molar-refractivity contribution in [1.29, 1.82) is 0 Å². The number of hydrogen-bond donors (Lipinski definition) is 0. The van der Waals surface area contributed by atoms with Crippen LogP contribution in [0.3, 0.4) is 0 Å². The Hall–Kier alpha value is -7.36. The summed E-state index contributed by atoms with van der Waals surface area (Å²) in [5, 5.41) is 0. The van der Waals surface area contributed by atoms with Gasteiger partial charge in [-0.05, 0) is 95.4 Å². The number of rotatable bonds is 13. The maximum atomic E-state index is 15.3. The van der Waals surface area contributed by atoms with Crippen molar-refractivity contribution in [3.8, 4) is 28.1 Å². The number of amides is 1. The number of carbonyl (C=O) groups excluding carboxylic acids is 1. The molecule has 12 nitrogen and oxygen atoms in total. The van der Waals surface area contributed by atoms with Crippen LogP contribution in [0.15, 0.2) is 108 Å². The molecule has 0 radical (unpaired) electrons. The van der Waals surface area contributed by atoms with Gasteiger partial charge >= 0.3 is 0 Å². The van der Waals surface area contributed by atoms with Crippen LogP contribution in [0, 0.1) is 30.2 Å². The van der Waals surface area contributed by atoms with Crippen molar-refractivity contribution in [2.45, 2.75) is 26.6 Å². The SMILES string of the molecule is COc1cc(-c2cc(F)c(Cn3cnc4cc(CN(C)c5cc(-c6cc(F)c(CN(C=O)C=Nc7cccnc7C)c(F)c6)ccn5)cnc4c3=O)c(F)c2)ccn1. The van der Waals surface area contributed by atoms with Crippen molar-refractivity contribution in [3.63, 3.8) is 0 Å². The molecule has 0 aliphatic carbocycles. The van der Waals surface area contributed by atoms with Gasteiger partial charge in [-0.1, -0.05) is 0 Å². The third-order valence-corrected chi connectivity index (χ3v) is 9.30. The van der Waals surface area contributed by atoms with E-state index < -0.39 is 35.4 Å². The molecule has 292 valence electrons. The zero-order chi connectivity index (χ0) is 40.9. The molecule has 0 saturated heterocycles. The molecule has 5 aromatic heterocycles. The Bertz CT molecular complexity index is 2720. The van der Waals surface area contributed by atoms with Gasteiger partial charge in [-0.25, -0.2) is 42.5 Å². The van der Waals surface area contributed by atoms with Crippen molar-refractivity contribution >= 4 is 35.3 Å². The predicted octanol–water partition coefficient (Wildman–Crippen LogP) is 7.19. The molecule has 5 heterocycles. The number of aliphatic imine (C=N–C) groups is 1. The summed E-state index contributed by atoms with van der Waals surface area (Å²) in [6, 6.07) is 16.2. The van der Waals surface area contributed by atoms with E-state index in [2.05, 4.69) is 29.9 Å². The lowest BCUT2D eigenvalue weighted by molar-refractivity contribution is -0.115. The standard InChI is InChI=1S/C42H33F4N9O3/c1-25-37(5-4-8-47-25)51-22-54(24-56)20-31-33(43)12-29(13-34(31)44)27-6-9-48-39(16-27)53(2)19-26-11-38-41(50-18-26)42(57)55(23-52-38)21-32-35(45)14-30(15-36(32)46)28-7-10-49-40(17-28)58-3/h4-18,22-24H,19-21H2,1-3H3. The summed E-state index contributed by atoms with van der Waals surface area (Å²) < 4.78 is 67.3. The average Bonchev–Trinajstić information content (AvgIpc) is 3.22. The third kappa shape index (κ3) is 8.40. The largest absolute Gasteiger partial charge is 0.481 e. The highest BCUT2D eigenvalue weighted by molar-refractivity contribution is 5.75. The molecule has 16 heteroatoms. The minimum absolute atomic E-state index is 0.00924. The van der Waals surface area contributed by atoms with E-state index in [0.717, 1.165) is 9.47 Å². The molecule has 0 spiro atoms. The number of carbonyl (C=O) groups is 1. The number of benzene rings is 2. The number of halogens is 4. The minimum Gasteiger partial charge on any atom is -0.481 e. The van der Waals surface area contributed by atoms with E-state index in [-0.39, 0.29) is 46.4 Å². The fraction of sp³-hybridized carbons (Fsp3) is 0.143. The Morgan fingerprint density at radius 2 is 1.45 bits per heavy atom. The number of pyridine rings is 4. The van der Waals surface area contributed by atoms with Crippen molar-refractivity contribution in [2.75, 3.05) is 19.1 Å². The number of aryl methyl sites for hydroxylation is 1. The van der Waals surface area contributed by atoms with E-state index in [1.165, 1.54) is 62.6 Å². The fourth-order valence-corrected chi connectivity index (χ4v) is 6.19. The summed E-state index contributed by atoms with van der Waals surface area (Å²) in [5.74, 6) is -2.60. The third-order valence-electron chi connectivity index (χ3n) is 9.30. The molecule has 7 rings (SSSR count). The number of nitrogens with zero attached hydrogens (tertiary/aromatic N) is 9. The molecule has 0 atom stereocenters. The summed E-state index contributed by atoms with van der Waals surface area (Å²) in [6.45, 7) is 1.21. The topological polar surface area (TPSA) is 132 Å². The van der Waals surface area contributed by atoms with E-state index in [0.29, 0.717) is 46.2 Å². The Balaban J connectivity index is 1.05. The second-order valence-electron chi connectivity index (χ2n) is 13.2. The van der Waals surface area contributed by atoms with E-state index >= 15 is 17.6 Å². The summed E-state index contributed by atoms with van der Waals surface area (Å²) >= 11 is 0. The maximum absolute atomic E-state index is 15.3. The molecule has 0 fully saturated rings. The first-order valence-corrected chi connectivity index (χ1v) is 17.7. The van der Waals surface area contributed by atoms with Crippen molar-refractivity contribution in [2.24, 2.45) is 4.99 Å². The zero-order valence-electron chi connectivity index (χ0n) is 31.3. The van der Waals surface area contributed by atoms with Crippen LogP contribution in [0.5, 0.6) is 5.88 Å². The molecule has 0 unspecified atom stereocenters. The Labute approximate surface area is 328 Å². The van der Waals surface area contributed by atoms with Crippen LogP contribution < -0.4 is 15.2 Å². The Morgan fingerprint density at radius 3 is 2.12 bits per heavy atom. The Morgan fingerprint density at radius 1 is 0.776 bits per heavy atom. The average molecular weight is 788 g/mol. The zero-order valence-corrected chi connectivity index (χ0v) is 31.3. The highest BCUT2D eigenvalue weighted by Gasteiger charge is 2.18. The number of anilines is 1. The van der Waals surface area contributed by atoms with Gasteiger partial charge < -0.3 is 14.5 Å². The first-order valence-electron chi connectivity index (χ1n) is 17.7. The van der Waals surface area contributed by atoms with Gasteiger partial charge in [0.1, 0.15) is 29.1 Å². The van der Waals surface area contributed by atoms with Crippen LogP contribution in [-0.4, -0.2) is 61.3 Å². The van der Waals surface area contributed by atoms with E-state index in [1.807, 2.05) is 0 Å². The Kier molecular flexibility index (Phi) is 11.3. The van der Waals surface area contributed by atoms with Gasteiger partial charge in [0.15, 0.2) is 5.52 Å². The van der Waals surface area contributed by atoms with Crippen LogP contribution in [-0.2, 0) is 24.4 Å². The van der Waals surface area contributed by atoms with Gasteiger partial charge in [0.05, 0.1) is 49.8 Å². The van der Waals surface area contributed by atoms with Gasteiger partial charge in [-0.2, -0.15) is 0 Å². The van der Waals surface area contributed by atoms with Gasteiger partial charge in [0, 0.05) is 55.6 Å². The number of hydrogen-bond acceptors (Lipinski definition) is 10. The molecule has 0 aliphatic rings. The second-order valence-corrected chi connectivity index (χ2v) is 13.2. The number of fused-ring (bicyclic) bond motifs is 1. The van der Waals surface area contributed by atoms with E-state index in [1.54, 1.807) is 67.5 Å². The minimum atomic E-state index is -0.844. The summed E-state index contributed by atoms with van der Waals surface area (Å²) in [4.78, 5) is 53.3. The molecular formula is C42H33F4N9O3. The summed E-state index contributed by atoms with van der Waals surface area (Å²) in [6.07, 6.45) is 8.90. The number of methoxy groups -OCH3 is 1. The lowest BCUT2D eigenvalue weighted by atomic mass is 10.0. The maximum Gasteiger partial charge on any atom is 0.280 e. The monoisotopic (exact) mass is 787 g/mol. The van der Waals surface area contributed by atoms with E-state index in [4.69, 9.17) is 4.74 Å². The molecule has 1 amide bonds. The van der Waals surface area contributed by atoms with Crippen LogP contribution >= 0.6 is 0 Å². The van der Waals surface area contributed by atoms with Gasteiger partial charge in [-0.3, -0.25) is 19.1 Å². The highest BCUT2D eigenvalue weighted by atomic mass is 19.1. The second kappa shape index (κ2) is 16.8. The van der Waals surface area contributed by atoms with Crippen LogP contribution in [0.2, 0.25) is 0 Å². The fourth-order valence-electron chi connectivity index (χ4n) is 6.19. The van der Waals surface area contributed by atoms with Crippen LogP contribution in [0.4, 0.5) is 29.1 Å². The lowest BCUT2D eigenvalue weighted by Gasteiger charge is -2.19. The molecule has 58 heavy (non-hydrogen) atoms. The van der Waals surface area contributed by atoms with Gasteiger partial charge in [0.25, 0.3) is 5.56 Å². The van der Waals surface area contributed by atoms with Crippen LogP contribution in [0.1, 0.15) is 22.4 Å². The number of ether oxygens (including phenoxy) is 1. The first-order chi connectivity index (χ1) is 28.0.